The molecule has 1 aliphatic carbocycles. The number of piperidine rings is 1. The van der Waals surface area contributed by atoms with Gasteiger partial charge in [0.05, 0.1) is 12.2 Å². The van der Waals surface area contributed by atoms with Gasteiger partial charge in [0.25, 0.3) is 0 Å². The lowest BCUT2D eigenvalue weighted by Crippen LogP contribution is -2.69. The van der Waals surface area contributed by atoms with E-state index < -0.39 is 0 Å². The largest absolute Gasteiger partial charge is 0.381 e. The molecule has 0 aromatic carbocycles. The number of hydrogen-bond donors (Lipinski definition) is 1. The van der Waals surface area contributed by atoms with Crippen LogP contribution in [0.4, 0.5) is 0 Å². The van der Waals surface area contributed by atoms with Gasteiger partial charge in [0.1, 0.15) is 6.29 Å². The molecule has 0 bridgehead atoms. The lowest BCUT2D eigenvalue weighted by atomic mass is 9.78. The minimum absolute atomic E-state index is 0.370. The van der Waals surface area contributed by atoms with Gasteiger partial charge in [-0.2, -0.15) is 0 Å². The number of ether oxygens (including phenoxy) is 2. The van der Waals surface area contributed by atoms with Crippen LogP contribution in [-0.4, -0.2) is 71.8 Å². The van der Waals surface area contributed by atoms with Crippen LogP contribution in [0.2, 0.25) is 0 Å². The fourth-order valence-corrected chi connectivity index (χ4v) is 7.22. The third kappa shape index (κ3) is 2.57. The summed E-state index contributed by atoms with van der Waals surface area (Å²) in [6.07, 6.45) is 4.76. The number of rotatable bonds is 2. The zero-order valence-electron chi connectivity index (χ0n) is 15.6. The monoisotopic (exact) mass is 355 g/mol. The topological polar surface area (TPSA) is 37.0 Å². The maximum Gasteiger partial charge on any atom is 0.127 e. The van der Waals surface area contributed by atoms with Crippen molar-refractivity contribution in [2.45, 2.75) is 82.7 Å². The number of nitrogens with zero attached hydrogens (tertiary/aromatic N) is 2. The van der Waals surface area contributed by atoms with E-state index in [9.17, 15) is 0 Å². The van der Waals surface area contributed by atoms with Gasteiger partial charge in [-0.1, -0.05) is 25.8 Å². The normalized spacial score (nSPS) is 52.6. The minimum atomic E-state index is 0.370. The molecule has 4 fully saturated rings. The van der Waals surface area contributed by atoms with Gasteiger partial charge in [-0.15, -0.1) is 0 Å². The Kier molecular flexibility index (Phi) is 4.91. The van der Waals surface area contributed by atoms with Gasteiger partial charge in [0, 0.05) is 44.1 Å². The van der Waals surface area contributed by atoms with Crippen LogP contribution in [-0.2, 0) is 9.47 Å². The quantitative estimate of drug-likeness (QED) is 0.765. The van der Waals surface area contributed by atoms with E-state index in [4.69, 9.17) is 9.47 Å². The molecular weight excluding hydrogens is 322 g/mol. The predicted octanol–water partition coefficient (Wildman–Crippen LogP) is 2.13. The highest BCUT2D eigenvalue weighted by Crippen LogP contribution is 2.46. The van der Waals surface area contributed by atoms with Gasteiger partial charge < -0.3 is 9.47 Å². The molecule has 4 aliphatic rings. The first-order valence-corrected chi connectivity index (χ1v) is 10.5. The summed E-state index contributed by atoms with van der Waals surface area (Å²) in [5.41, 5.74) is 0. The Labute approximate surface area is 150 Å². The molecule has 138 valence electrons. The molecule has 0 radical (unpaired) electrons. The van der Waals surface area contributed by atoms with Crippen LogP contribution >= 0.6 is 11.9 Å². The highest BCUT2D eigenvalue weighted by Gasteiger charge is 2.55. The molecule has 3 saturated heterocycles. The summed E-state index contributed by atoms with van der Waals surface area (Å²) in [6, 6.07) is 2.36. The summed E-state index contributed by atoms with van der Waals surface area (Å²) in [6.45, 7) is 7.14. The summed E-state index contributed by atoms with van der Waals surface area (Å²) in [5, 5.41) is 3.98. The molecule has 0 amide bonds. The molecule has 4 rings (SSSR count). The maximum atomic E-state index is 5.88. The van der Waals surface area contributed by atoms with E-state index in [1.807, 2.05) is 14.2 Å². The van der Waals surface area contributed by atoms with Gasteiger partial charge in [-0.3, -0.25) is 10.2 Å². The van der Waals surface area contributed by atoms with Gasteiger partial charge >= 0.3 is 0 Å². The first kappa shape index (κ1) is 17.6. The number of hydrogen-bond acceptors (Lipinski definition) is 6. The molecule has 0 spiro atoms. The zero-order valence-corrected chi connectivity index (χ0v) is 16.5. The molecule has 6 heteroatoms. The number of fused-ring (bicyclic) bond motifs is 5. The number of nitrogens with one attached hydrogen (secondary N) is 1. The van der Waals surface area contributed by atoms with Crippen LogP contribution in [0.25, 0.3) is 0 Å². The second-order valence-electron chi connectivity index (χ2n) is 8.21. The van der Waals surface area contributed by atoms with Gasteiger partial charge in [-0.05, 0) is 38.0 Å². The summed E-state index contributed by atoms with van der Waals surface area (Å²) < 4.78 is 14.2. The van der Waals surface area contributed by atoms with E-state index in [-0.39, 0.29) is 0 Å². The van der Waals surface area contributed by atoms with Crippen molar-refractivity contribution in [3.63, 3.8) is 0 Å². The van der Waals surface area contributed by atoms with Crippen LogP contribution in [0.3, 0.4) is 0 Å². The fraction of sp³-hybridized carbons (Fsp3) is 1.00. The van der Waals surface area contributed by atoms with E-state index in [1.165, 1.54) is 18.6 Å². The van der Waals surface area contributed by atoms with Crippen molar-refractivity contribution in [2.24, 2.45) is 11.8 Å². The van der Waals surface area contributed by atoms with Gasteiger partial charge in [0.2, 0.25) is 0 Å². The predicted molar refractivity (Wildman–Crippen MR) is 97.7 cm³/mol. The SMILES string of the molecule is COC1CCC2NC3N(SC[C@H]4C(C)[C@@H](OC)[C@@H](C)C(C)N34)C2C1. The number of methoxy groups -OCH3 is 2. The molecule has 0 aromatic rings. The second-order valence-corrected chi connectivity index (χ2v) is 9.23. The summed E-state index contributed by atoms with van der Waals surface area (Å²) >= 11 is 2.06. The lowest BCUT2D eigenvalue weighted by molar-refractivity contribution is -0.124. The highest BCUT2D eigenvalue weighted by atomic mass is 32.2. The van der Waals surface area contributed by atoms with Crippen LogP contribution in [0.1, 0.15) is 40.0 Å². The first-order valence-electron chi connectivity index (χ1n) is 9.57. The molecule has 9 atom stereocenters. The van der Waals surface area contributed by atoms with Gasteiger partial charge in [0.15, 0.2) is 0 Å². The molecule has 3 aliphatic heterocycles. The summed E-state index contributed by atoms with van der Waals surface area (Å²) in [7, 11) is 3.75. The van der Waals surface area contributed by atoms with E-state index >= 15 is 0 Å². The highest BCUT2D eigenvalue weighted by molar-refractivity contribution is 7.97. The Balaban J connectivity index is 1.57. The smallest absolute Gasteiger partial charge is 0.127 e. The van der Waals surface area contributed by atoms with Crippen LogP contribution < -0.4 is 5.32 Å². The second kappa shape index (κ2) is 6.71. The Hall–Kier alpha value is 0.150. The lowest BCUT2D eigenvalue weighted by Gasteiger charge is -2.57. The Bertz CT molecular complexity index is 468. The molecular formula is C18H33N3O2S. The molecule has 1 saturated carbocycles. The standard InChI is InChI=1S/C18H33N3O2S/c1-10-12(3)20-16(11(2)17(10)23-5)9-24-21-15-8-13(22-4)6-7-14(15)19-18(20)21/h10-19H,6-9H2,1-5H3/t10-,11?,12?,13?,14?,15?,16-,17-,18?/m0/s1. The Morgan fingerprint density at radius 1 is 1.00 bits per heavy atom. The third-order valence-corrected chi connectivity index (χ3v) is 8.50. The van der Waals surface area contributed by atoms with E-state index in [0.29, 0.717) is 54.5 Å². The van der Waals surface area contributed by atoms with E-state index in [1.54, 1.807) is 0 Å². The molecule has 24 heavy (non-hydrogen) atoms. The summed E-state index contributed by atoms with van der Waals surface area (Å²) in [4.78, 5) is 2.77. The average molecular weight is 356 g/mol. The Morgan fingerprint density at radius 3 is 2.50 bits per heavy atom. The van der Waals surface area contributed by atoms with Crippen LogP contribution in [0.5, 0.6) is 0 Å². The molecule has 1 N–H and O–H groups in total. The van der Waals surface area contributed by atoms with Gasteiger partial charge in [-0.25, -0.2) is 4.31 Å². The fourth-order valence-electron chi connectivity index (χ4n) is 5.68. The van der Waals surface area contributed by atoms with E-state index in [0.717, 1.165) is 6.42 Å². The first-order chi connectivity index (χ1) is 11.6. The Morgan fingerprint density at radius 2 is 1.79 bits per heavy atom. The maximum absolute atomic E-state index is 5.88. The van der Waals surface area contributed by atoms with Crippen molar-refractivity contribution < 1.29 is 9.47 Å². The van der Waals surface area contributed by atoms with E-state index in [2.05, 4.69) is 47.2 Å². The third-order valence-electron chi connectivity index (χ3n) is 7.24. The van der Waals surface area contributed by atoms with Crippen molar-refractivity contribution in [3.8, 4) is 0 Å². The zero-order chi connectivity index (χ0) is 17.0. The molecule has 3 heterocycles. The van der Waals surface area contributed by atoms with Crippen molar-refractivity contribution in [1.82, 2.24) is 14.5 Å². The van der Waals surface area contributed by atoms with Crippen molar-refractivity contribution in [1.29, 1.82) is 0 Å². The average Bonchev–Trinajstić information content (AvgIpc) is 2.97. The minimum Gasteiger partial charge on any atom is -0.381 e. The molecule has 5 nitrogen and oxygen atoms in total. The van der Waals surface area contributed by atoms with Crippen LogP contribution in [0, 0.1) is 11.8 Å². The summed E-state index contributed by atoms with van der Waals surface area (Å²) in [5.74, 6) is 2.31. The van der Waals surface area contributed by atoms with Crippen molar-refractivity contribution in [3.05, 3.63) is 0 Å². The van der Waals surface area contributed by atoms with Crippen molar-refractivity contribution >= 4 is 11.9 Å². The molecule has 0 aromatic heterocycles. The van der Waals surface area contributed by atoms with Crippen LogP contribution in [0.15, 0.2) is 0 Å². The molecule has 6 unspecified atom stereocenters. The van der Waals surface area contributed by atoms with Crippen molar-refractivity contribution in [2.75, 3.05) is 20.0 Å².